The molecule has 0 aromatic heterocycles. The summed E-state index contributed by atoms with van der Waals surface area (Å²) in [6.45, 7) is 18.3. The molecule has 0 saturated carbocycles. The summed E-state index contributed by atoms with van der Waals surface area (Å²) < 4.78 is 35.4. The quantitative estimate of drug-likeness (QED) is 0.453. The van der Waals surface area contributed by atoms with Crippen molar-refractivity contribution >= 4 is 11.8 Å². The van der Waals surface area contributed by atoms with Crippen LogP contribution < -0.4 is 0 Å². The van der Waals surface area contributed by atoms with Crippen LogP contribution in [-0.2, 0) is 11.3 Å². The highest BCUT2D eigenvalue weighted by Gasteiger charge is 2.25. The first kappa shape index (κ1) is 24.3. The Balaban J connectivity index is 2.35. The molecule has 0 radical (unpaired) electrons. The van der Waals surface area contributed by atoms with Gasteiger partial charge in [-0.05, 0) is 63.3 Å². The summed E-state index contributed by atoms with van der Waals surface area (Å²) in [7, 11) is 0. The molecule has 2 rings (SSSR count). The first-order valence-corrected chi connectivity index (χ1v) is 10.4. The zero-order valence-electron chi connectivity index (χ0n) is 19.1. The Hall–Kier alpha value is -2.94. The standard InChI is InChI=1S/C25H30F2N2O2/c1-16(2)10-11-29(24(30)31-25(4,5)6)15-21-22(26)13-18(14-23(21)27)20-9-8-19(28-7)12-17(20)3/h8-9,12-14,16H,10-11,15H2,1-6H3. The Morgan fingerprint density at radius 1 is 1.16 bits per heavy atom. The van der Waals surface area contributed by atoms with Gasteiger partial charge in [-0.3, -0.25) is 0 Å². The van der Waals surface area contributed by atoms with Gasteiger partial charge in [0.1, 0.15) is 17.2 Å². The number of hydrogen-bond donors (Lipinski definition) is 0. The third-order valence-electron chi connectivity index (χ3n) is 4.77. The first-order chi connectivity index (χ1) is 14.4. The number of carbonyl (C=O) groups is 1. The van der Waals surface area contributed by atoms with Crippen molar-refractivity contribution in [2.45, 2.75) is 60.1 Å². The average molecular weight is 429 g/mol. The van der Waals surface area contributed by atoms with E-state index in [2.05, 4.69) is 4.85 Å². The van der Waals surface area contributed by atoms with Crippen molar-refractivity contribution in [3.05, 3.63) is 64.5 Å². The van der Waals surface area contributed by atoms with E-state index in [1.54, 1.807) is 45.9 Å². The zero-order valence-corrected chi connectivity index (χ0v) is 19.1. The second-order valence-corrected chi connectivity index (χ2v) is 9.11. The van der Waals surface area contributed by atoms with Gasteiger partial charge in [-0.2, -0.15) is 0 Å². The number of amides is 1. The van der Waals surface area contributed by atoms with E-state index in [9.17, 15) is 13.6 Å². The van der Waals surface area contributed by atoms with E-state index in [1.165, 1.54) is 17.0 Å². The number of rotatable bonds is 6. The average Bonchev–Trinajstić information content (AvgIpc) is 2.64. The smallest absolute Gasteiger partial charge is 0.410 e. The van der Waals surface area contributed by atoms with Crippen molar-refractivity contribution in [1.29, 1.82) is 0 Å². The minimum absolute atomic E-state index is 0.172. The molecule has 0 heterocycles. The molecule has 0 aliphatic carbocycles. The van der Waals surface area contributed by atoms with Crippen molar-refractivity contribution in [2.24, 2.45) is 5.92 Å². The summed E-state index contributed by atoms with van der Waals surface area (Å²) in [5.74, 6) is -1.12. The molecule has 0 fully saturated rings. The largest absolute Gasteiger partial charge is 0.444 e. The molecule has 31 heavy (non-hydrogen) atoms. The van der Waals surface area contributed by atoms with Crippen LogP contribution in [0.5, 0.6) is 0 Å². The maximum absolute atomic E-state index is 15.0. The highest BCUT2D eigenvalue weighted by atomic mass is 19.1. The fourth-order valence-electron chi connectivity index (χ4n) is 3.12. The molecule has 2 aromatic carbocycles. The van der Waals surface area contributed by atoms with E-state index in [4.69, 9.17) is 11.3 Å². The molecule has 6 heteroatoms. The molecule has 4 nitrogen and oxygen atoms in total. The molecular weight excluding hydrogens is 398 g/mol. The Kier molecular flexibility index (Phi) is 7.78. The van der Waals surface area contributed by atoms with Gasteiger partial charge in [-0.1, -0.05) is 37.6 Å². The van der Waals surface area contributed by atoms with Gasteiger partial charge in [0.2, 0.25) is 0 Å². The second kappa shape index (κ2) is 9.91. The minimum atomic E-state index is -0.721. The van der Waals surface area contributed by atoms with E-state index in [0.29, 0.717) is 35.7 Å². The van der Waals surface area contributed by atoms with E-state index in [-0.39, 0.29) is 12.1 Å². The Morgan fingerprint density at radius 2 is 1.77 bits per heavy atom. The number of benzene rings is 2. The van der Waals surface area contributed by atoms with Crippen LogP contribution in [-0.4, -0.2) is 23.1 Å². The number of aryl methyl sites for hydroxylation is 1. The van der Waals surface area contributed by atoms with Gasteiger partial charge in [0.05, 0.1) is 13.1 Å². The van der Waals surface area contributed by atoms with Crippen molar-refractivity contribution in [3.63, 3.8) is 0 Å². The Bertz CT molecular complexity index is 965. The van der Waals surface area contributed by atoms with Crippen LogP contribution >= 0.6 is 0 Å². The van der Waals surface area contributed by atoms with Gasteiger partial charge in [-0.15, -0.1) is 0 Å². The van der Waals surface area contributed by atoms with Gasteiger partial charge in [0, 0.05) is 12.1 Å². The van der Waals surface area contributed by atoms with Gasteiger partial charge >= 0.3 is 6.09 Å². The molecule has 1 amide bonds. The summed E-state index contributed by atoms with van der Waals surface area (Å²) >= 11 is 0. The third-order valence-corrected chi connectivity index (χ3v) is 4.77. The van der Waals surface area contributed by atoms with Gasteiger partial charge < -0.3 is 9.64 Å². The van der Waals surface area contributed by atoms with E-state index >= 15 is 0 Å². The lowest BCUT2D eigenvalue weighted by Gasteiger charge is -2.28. The Morgan fingerprint density at radius 3 is 2.26 bits per heavy atom. The van der Waals surface area contributed by atoms with Crippen LogP contribution in [0.15, 0.2) is 30.3 Å². The zero-order chi connectivity index (χ0) is 23.3. The highest BCUT2D eigenvalue weighted by molar-refractivity contribution is 5.71. The molecule has 0 atom stereocenters. The molecule has 0 saturated heterocycles. The van der Waals surface area contributed by atoms with Crippen LogP contribution in [0.3, 0.4) is 0 Å². The number of hydrogen-bond acceptors (Lipinski definition) is 2. The second-order valence-electron chi connectivity index (χ2n) is 9.11. The molecule has 0 aliphatic heterocycles. The minimum Gasteiger partial charge on any atom is -0.444 e. The van der Waals surface area contributed by atoms with Crippen LogP contribution in [0.4, 0.5) is 19.3 Å². The van der Waals surface area contributed by atoms with Gasteiger partial charge in [0.25, 0.3) is 0 Å². The van der Waals surface area contributed by atoms with Crippen LogP contribution in [0, 0.1) is 31.0 Å². The molecule has 0 unspecified atom stereocenters. The van der Waals surface area contributed by atoms with E-state index in [1.807, 2.05) is 13.8 Å². The normalized spacial score (nSPS) is 11.4. The Labute approximate surface area is 183 Å². The fourth-order valence-corrected chi connectivity index (χ4v) is 3.12. The molecule has 0 bridgehead atoms. The van der Waals surface area contributed by atoms with Crippen molar-refractivity contribution in [2.75, 3.05) is 6.54 Å². The third kappa shape index (κ3) is 6.78. The SMILES string of the molecule is [C-]#[N+]c1ccc(-c2cc(F)c(CN(CCC(C)C)C(=O)OC(C)(C)C)c(F)c2)c(C)c1. The monoisotopic (exact) mass is 428 g/mol. The van der Waals surface area contributed by atoms with Gasteiger partial charge in [-0.25, -0.2) is 18.4 Å². The molecule has 0 spiro atoms. The van der Waals surface area contributed by atoms with E-state index in [0.717, 1.165) is 5.56 Å². The van der Waals surface area contributed by atoms with E-state index < -0.39 is 23.3 Å². The lowest BCUT2D eigenvalue weighted by molar-refractivity contribution is 0.0222. The molecule has 2 aromatic rings. The lowest BCUT2D eigenvalue weighted by Crippen LogP contribution is -2.37. The predicted octanol–water partition coefficient (Wildman–Crippen LogP) is 7.27. The number of carbonyl (C=O) groups excluding carboxylic acids is 1. The predicted molar refractivity (Wildman–Crippen MR) is 119 cm³/mol. The molecular formula is C25H30F2N2O2. The van der Waals surface area contributed by atoms with Crippen LogP contribution in [0.1, 0.15) is 52.2 Å². The van der Waals surface area contributed by atoms with Gasteiger partial charge in [0.15, 0.2) is 5.69 Å². The number of ether oxygens (including phenoxy) is 1. The molecule has 0 N–H and O–H groups in total. The maximum Gasteiger partial charge on any atom is 0.410 e. The summed E-state index contributed by atoms with van der Waals surface area (Å²) in [5, 5.41) is 0. The fraction of sp³-hybridized carbons (Fsp3) is 0.440. The molecule has 0 aliphatic rings. The van der Waals surface area contributed by atoms with Crippen LogP contribution in [0.25, 0.3) is 16.0 Å². The van der Waals surface area contributed by atoms with Crippen molar-refractivity contribution in [1.82, 2.24) is 4.90 Å². The highest BCUT2D eigenvalue weighted by Crippen LogP contribution is 2.30. The van der Waals surface area contributed by atoms with Crippen molar-refractivity contribution < 1.29 is 18.3 Å². The number of halogens is 2. The summed E-state index contributed by atoms with van der Waals surface area (Å²) in [5.41, 5.74) is 1.39. The summed E-state index contributed by atoms with van der Waals surface area (Å²) in [6, 6.07) is 7.53. The summed E-state index contributed by atoms with van der Waals surface area (Å²) in [4.78, 5) is 17.3. The lowest BCUT2D eigenvalue weighted by atomic mass is 9.98. The maximum atomic E-state index is 15.0. The molecule has 166 valence electrons. The first-order valence-electron chi connectivity index (χ1n) is 10.4. The van der Waals surface area contributed by atoms with Crippen molar-refractivity contribution in [3.8, 4) is 11.1 Å². The topological polar surface area (TPSA) is 33.9 Å². The number of nitrogens with zero attached hydrogens (tertiary/aromatic N) is 2. The van der Waals surface area contributed by atoms with Crippen LogP contribution in [0.2, 0.25) is 0 Å². The summed E-state index contributed by atoms with van der Waals surface area (Å²) in [6.07, 6.45) is 0.0919.